The van der Waals surface area contributed by atoms with Crippen LogP contribution in [0.5, 0.6) is 0 Å². The second-order valence-corrected chi connectivity index (χ2v) is 7.93. The maximum atomic E-state index is 12.6. The van der Waals surface area contributed by atoms with E-state index in [2.05, 4.69) is 9.46 Å². The minimum Gasteiger partial charge on any atom is -0.472 e. The van der Waals surface area contributed by atoms with Gasteiger partial charge in [-0.05, 0) is 29.6 Å². The number of nitrogens with one attached hydrogen (secondary N) is 1. The van der Waals surface area contributed by atoms with Crippen LogP contribution in [-0.2, 0) is 20.4 Å². The van der Waals surface area contributed by atoms with Crippen LogP contribution in [0.15, 0.2) is 62.2 Å². The normalized spacial score (nSPS) is 14.1. The maximum absolute atomic E-state index is 12.6. The monoisotopic (exact) mass is 397 g/mol. The largest absolute Gasteiger partial charge is 0.472 e. The molecule has 0 aliphatic carbocycles. The van der Waals surface area contributed by atoms with Gasteiger partial charge in [-0.3, -0.25) is 0 Å². The Hall–Kier alpha value is -2.40. The topological polar surface area (TPSA) is 119 Å². The number of carbonyl (C=O) groups is 1. The lowest BCUT2D eigenvalue weighted by molar-refractivity contribution is 0.0602. The lowest BCUT2D eigenvalue weighted by Gasteiger charge is -2.25. The molecule has 0 saturated heterocycles. The number of sulfonamides is 1. The van der Waals surface area contributed by atoms with E-state index in [4.69, 9.17) is 8.83 Å². The standard InChI is InChI=1S/C16H15NO7S2/c1-22-15(18)14-12(5-8-25-14)26(20,21)17-10-16(19,11-4-7-23-9-11)13-3-2-6-24-13/h2-9,17,19H,10H2,1H3/t16-/m1/s1. The second kappa shape index (κ2) is 7.08. The summed E-state index contributed by atoms with van der Waals surface area (Å²) in [5, 5.41) is 12.5. The molecular weight excluding hydrogens is 382 g/mol. The summed E-state index contributed by atoms with van der Waals surface area (Å²) >= 11 is 0.948. The second-order valence-electron chi connectivity index (χ2n) is 5.28. The van der Waals surface area contributed by atoms with E-state index in [0.29, 0.717) is 5.56 Å². The van der Waals surface area contributed by atoms with Crippen LogP contribution in [-0.4, -0.2) is 33.1 Å². The van der Waals surface area contributed by atoms with Gasteiger partial charge in [0.05, 0.1) is 32.4 Å². The molecule has 0 aromatic carbocycles. The summed E-state index contributed by atoms with van der Waals surface area (Å²) in [7, 11) is -2.92. The third-order valence-electron chi connectivity index (χ3n) is 3.73. The van der Waals surface area contributed by atoms with Crippen LogP contribution in [0.3, 0.4) is 0 Å². The molecule has 0 aliphatic heterocycles. The quantitative estimate of drug-likeness (QED) is 0.585. The number of carbonyl (C=O) groups excluding carboxylic acids is 1. The van der Waals surface area contributed by atoms with Crippen LogP contribution >= 0.6 is 11.3 Å². The number of ether oxygens (including phenoxy) is 1. The van der Waals surface area contributed by atoms with Crippen molar-refractivity contribution in [1.29, 1.82) is 0 Å². The average Bonchev–Trinajstić information content (AvgIpc) is 3.39. The first-order chi connectivity index (χ1) is 12.4. The molecule has 0 spiro atoms. The highest BCUT2D eigenvalue weighted by atomic mass is 32.2. The van der Waals surface area contributed by atoms with Gasteiger partial charge in [0.25, 0.3) is 0 Å². The van der Waals surface area contributed by atoms with Gasteiger partial charge in [0.15, 0.2) is 5.60 Å². The number of rotatable bonds is 7. The average molecular weight is 397 g/mol. The predicted molar refractivity (Wildman–Crippen MR) is 91.3 cm³/mol. The summed E-state index contributed by atoms with van der Waals surface area (Å²) in [5.41, 5.74) is -1.47. The number of hydrogen-bond donors (Lipinski definition) is 2. The summed E-state index contributed by atoms with van der Waals surface area (Å²) in [6.45, 7) is -0.432. The lowest BCUT2D eigenvalue weighted by Crippen LogP contribution is -2.41. The summed E-state index contributed by atoms with van der Waals surface area (Å²) in [4.78, 5) is 11.5. The van der Waals surface area contributed by atoms with Crippen molar-refractivity contribution in [1.82, 2.24) is 4.72 Å². The summed E-state index contributed by atoms with van der Waals surface area (Å²) in [6, 6.07) is 5.89. The Morgan fingerprint density at radius 1 is 1.35 bits per heavy atom. The van der Waals surface area contributed by atoms with Gasteiger partial charge in [-0.15, -0.1) is 11.3 Å². The molecule has 26 heavy (non-hydrogen) atoms. The zero-order chi connectivity index (χ0) is 18.8. The van der Waals surface area contributed by atoms with E-state index in [1.807, 2.05) is 0 Å². The van der Waals surface area contributed by atoms with E-state index in [-0.39, 0.29) is 15.5 Å². The van der Waals surface area contributed by atoms with E-state index in [9.17, 15) is 18.3 Å². The molecule has 3 heterocycles. The van der Waals surface area contributed by atoms with Crippen LogP contribution in [0.4, 0.5) is 0 Å². The van der Waals surface area contributed by atoms with Gasteiger partial charge in [-0.25, -0.2) is 17.9 Å². The van der Waals surface area contributed by atoms with Crippen molar-refractivity contribution in [3.05, 3.63) is 64.6 Å². The van der Waals surface area contributed by atoms with E-state index in [0.717, 1.165) is 11.3 Å². The van der Waals surface area contributed by atoms with Gasteiger partial charge >= 0.3 is 5.97 Å². The first-order valence-electron chi connectivity index (χ1n) is 7.33. The molecule has 0 fully saturated rings. The molecule has 10 heteroatoms. The minimum absolute atomic E-state index is 0.0511. The molecule has 0 amide bonds. The van der Waals surface area contributed by atoms with Crippen molar-refractivity contribution in [3.8, 4) is 0 Å². The summed E-state index contributed by atoms with van der Waals surface area (Å²) in [5.74, 6) is -0.614. The molecule has 3 aromatic heterocycles. The number of esters is 1. The Kier molecular flexibility index (Phi) is 5.01. The van der Waals surface area contributed by atoms with Gasteiger partial charge < -0.3 is 18.7 Å². The van der Waals surface area contributed by atoms with Crippen LogP contribution < -0.4 is 4.72 Å². The highest BCUT2D eigenvalue weighted by Crippen LogP contribution is 2.31. The molecule has 0 bridgehead atoms. The fourth-order valence-electron chi connectivity index (χ4n) is 2.37. The zero-order valence-electron chi connectivity index (χ0n) is 13.5. The van der Waals surface area contributed by atoms with Crippen LogP contribution in [0.25, 0.3) is 0 Å². The molecule has 138 valence electrons. The Morgan fingerprint density at radius 2 is 2.15 bits per heavy atom. The molecule has 1 atom stereocenters. The smallest absolute Gasteiger partial charge is 0.349 e. The Labute approximate surface area is 153 Å². The molecule has 0 radical (unpaired) electrons. The summed E-state index contributed by atoms with van der Waals surface area (Å²) < 4.78 is 42.4. The highest BCUT2D eigenvalue weighted by molar-refractivity contribution is 7.89. The van der Waals surface area contributed by atoms with Crippen molar-refractivity contribution >= 4 is 27.3 Å². The van der Waals surface area contributed by atoms with E-state index < -0.39 is 28.1 Å². The van der Waals surface area contributed by atoms with Gasteiger partial charge in [0.1, 0.15) is 15.5 Å². The number of aliphatic hydroxyl groups is 1. The number of methoxy groups -OCH3 is 1. The molecular formula is C16H15NO7S2. The third-order valence-corrected chi connectivity index (χ3v) is 6.20. The maximum Gasteiger partial charge on any atom is 0.349 e. The van der Waals surface area contributed by atoms with Crippen molar-refractivity contribution in [2.45, 2.75) is 10.5 Å². The summed E-state index contributed by atoms with van der Waals surface area (Å²) in [6.07, 6.45) is 4.01. The fourth-order valence-corrected chi connectivity index (χ4v) is 4.77. The molecule has 3 rings (SSSR count). The molecule has 2 N–H and O–H groups in total. The molecule has 3 aromatic rings. The van der Waals surface area contributed by atoms with E-state index in [1.165, 1.54) is 49.5 Å². The van der Waals surface area contributed by atoms with Gasteiger partial charge in [-0.1, -0.05) is 0 Å². The predicted octanol–water partition coefficient (Wildman–Crippen LogP) is 1.94. The number of hydrogen-bond acceptors (Lipinski definition) is 8. The van der Waals surface area contributed by atoms with Gasteiger partial charge in [0, 0.05) is 5.56 Å². The van der Waals surface area contributed by atoms with E-state index >= 15 is 0 Å². The fraction of sp³-hybridized carbons (Fsp3) is 0.188. The molecule has 8 nitrogen and oxygen atoms in total. The molecule has 0 unspecified atom stereocenters. The molecule has 0 saturated carbocycles. The van der Waals surface area contributed by atoms with Gasteiger partial charge in [-0.2, -0.15) is 0 Å². The number of thiophene rings is 1. The first-order valence-corrected chi connectivity index (χ1v) is 9.69. The van der Waals surface area contributed by atoms with Crippen molar-refractivity contribution < 1.29 is 31.9 Å². The Bertz CT molecular complexity index is 938. The van der Waals surface area contributed by atoms with Gasteiger partial charge in [0.2, 0.25) is 10.0 Å². The molecule has 0 aliphatic rings. The van der Waals surface area contributed by atoms with Crippen molar-refractivity contribution in [3.63, 3.8) is 0 Å². The highest BCUT2D eigenvalue weighted by Gasteiger charge is 2.37. The zero-order valence-corrected chi connectivity index (χ0v) is 15.2. The van der Waals surface area contributed by atoms with Crippen LogP contribution in [0.1, 0.15) is 21.0 Å². The Balaban J connectivity index is 1.91. The van der Waals surface area contributed by atoms with E-state index in [1.54, 1.807) is 6.07 Å². The Morgan fingerprint density at radius 3 is 2.77 bits per heavy atom. The minimum atomic E-state index is -4.09. The SMILES string of the molecule is COC(=O)c1sccc1S(=O)(=O)NC[C@@](O)(c1ccoc1)c1ccco1. The third kappa shape index (κ3) is 3.31. The first kappa shape index (κ1) is 18.4. The van der Waals surface area contributed by atoms with Crippen molar-refractivity contribution in [2.24, 2.45) is 0 Å². The van der Waals surface area contributed by atoms with Crippen LogP contribution in [0.2, 0.25) is 0 Å². The van der Waals surface area contributed by atoms with Crippen molar-refractivity contribution in [2.75, 3.05) is 13.7 Å². The lowest BCUT2D eigenvalue weighted by atomic mass is 9.94. The van der Waals surface area contributed by atoms with Crippen LogP contribution in [0, 0.1) is 0 Å². The number of furan rings is 2.